The highest BCUT2D eigenvalue weighted by molar-refractivity contribution is 7.79. The standard InChI is InChI=1S/C20H19N3O4S/c21-19-18(14-2-1-3-15(10-14)20(25)22-8-9-24)11-16(12-23-19)13-4-6-17(7-5-13)28(26)27/h1-7,10-12,24H,8-9H2,(H2,21,23)(H,22,25)(H,26,27). The number of carbonyl (C=O) groups is 1. The molecule has 0 radical (unpaired) electrons. The average molecular weight is 397 g/mol. The number of amides is 1. The Morgan fingerprint density at radius 3 is 2.50 bits per heavy atom. The van der Waals surface area contributed by atoms with Gasteiger partial charge in [-0.25, -0.2) is 9.19 Å². The summed E-state index contributed by atoms with van der Waals surface area (Å²) in [5.41, 5.74) is 9.51. The Balaban J connectivity index is 1.96. The van der Waals surface area contributed by atoms with Crippen molar-refractivity contribution in [2.45, 2.75) is 4.90 Å². The molecule has 0 saturated carbocycles. The van der Waals surface area contributed by atoms with E-state index in [4.69, 9.17) is 15.4 Å². The first-order valence-corrected chi connectivity index (χ1v) is 9.56. The minimum absolute atomic E-state index is 0.132. The van der Waals surface area contributed by atoms with Gasteiger partial charge >= 0.3 is 0 Å². The molecule has 0 aliphatic heterocycles. The van der Waals surface area contributed by atoms with E-state index >= 15 is 0 Å². The fourth-order valence-electron chi connectivity index (χ4n) is 2.73. The molecular weight excluding hydrogens is 378 g/mol. The third kappa shape index (κ3) is 4.42. The highest BCUT2D eigenvalue weighted by atomic mass is 32.2. The van der Waals surface area contributed by atoms with Crippen LogP contribution >= 0.6 is 0 Å². The zero-order valence-electron chi connectivity index (χ0n) is 14.8. The summed E-state index contributed by atoms with van der Waals surface area (Å²) in [5.74, 6) is 0.0379. The average Bonchev–Trinajstić information content (AvgIpc) is 2.72. The molecule has 1 unspecified atom stereocenters. The van der Waals surface area contributed by atoms with Crippen LogP contribution in [0.15, 0.2) is 65.7 Å². The fraction of sp³-hybridized carbons (Fsp3) is 0.100. The molecule has 7 nitrogen and oxygen atoms in total. The van der Waals surface area contributed by atoms with Crippen molar-refractivity contribution in [1.82, 2.24) is 10.3 Å². The normalized spacial score (nSPS) is 11.8. The number of nitrogens with two attached hydrogens (primary N) is 1. The van der Waals surface area contributed by atoms with Crippen molar-refractivity contribution in [2.75, 3.05) is 18.9 Å². The summed E-state index contributed by atoms with van der Waals surface area (Å²) in [4.78, 5) is 16.7. The van der Waals surface area contributed by atoms with Crippen LogP contribution in [0.5, 0.6) is 0 Å². The number of rotatable bonds is 6. The first kappa shape index (κ1) is 19.7. The minimum atomic E-state index is -2.03. The van der Waals surface area contributed by atoms with Gasteiger partial charge in [-0.1, -0.05) is 24.3 Å². The van der Waals surface area contributed by atoms with Crippen LogP contribution in [0.4, 0.5) is 5.82 Å². The van der Waals surface area contributed by atoms with E-state index in [1.807, 2.05) is 12.1 Å². The molecule has 144 valence electrons. The number of hydrogen-bond acceptors (Lipinski definition) is 5. The summed E-state index contributed by atoms with van der Waals surface area (Å²) >= 11 is -2.03. The Morgan fingerprint density at radius 1 is 1.07 bits per heavy atom. The van der Waals surface area contributed by atoms with Crippen LogP contribution in [0.2, 0.25) is 0 Å². The Hall–Kier alpha value is -3.07. The lowest BCUT2D eigenvalue weighted by atomic mass is 9.99. The predicted molar refractivity (Wildman–Crippen MR) is 108 cm³/mol. The van der Waals surface area contributed by atoms with Crippen LogP contribution < -0.4 is 11.1 Å². The molecule has 3 rings (SSSR count). The highest BCUT2D eigenvalue weighted by Gasteiger charge is 2.11. The molecule has 0 saturated heterocycles. The molecule has 1 heterocycles. The quantitative estimate of drug-likeness (QED) is 0.473. The minimum Gasteiger partial charge on any atom is -0.395 e. The number of nitrogen functional groups attached to an aromatic ring is 1. The highest BCUT2D eigenvalue weighted by Crippen LogP contribution is 2.30. The lowest BCUT2D eigenvalue weighted by Gasteiger charge is -2.10. The molecule has 0 aliphatic rings. The molecule has 8 heteroatoms. The van der Waals surface area contributed by atoms with Crippen LogP contribution in [-0.4, -0.2) is 37.9 Å². The molecular formula is C20H19N3O4S. The first-order chi connectivity index (χ1) is 13.5. The summed E-state index contributed by atoms with van der Waals surface area (Å²) in [6, 6.07) is 15.5. The maximum absolute atomic E-state index is 12.1. The number of benzene rings is 2. The van der Waals surface area contributed by atoms with Gasteiger partial charge in [0.2, 0.25) is 0 Å². The SMILES string of the molecule is Nc1ncc(-c2ccc(S(=O)O)cc2)cc1-c1cccc(C(=O)NCCO)c1. The Kier molecular flexibility index (Phi) is 6.15. The van der Waals surface area contributed by atoms with Gasteiger partial charge in [-0.15, -0.1) is 0 Å². The monoisotopic (exact) mass is 397 g/mol. The second kappa shape index (κ2) is 8.75. The topological polar surface area (TPSA) is 126 Å². The first-order valence-electron chi connectivity index (χ1n) is 8.46. The van der Waals surface area contributed by atoms with E-state index in [0.29, 0.717) is 21.8 Å². The van der Waals surface area contributed by atoms with Crippen molar-refractivity contribution >= 4 is 22.8 Å². The van der Waals surface area contributed by atoms with Crippen molar-refractivity contribution in [2.24, 2.45) is 0 Å². The molecule has 1 atom stereocenters. The van der Waals surface area contributed by atoms with Crippen molar-refractivity contribution in [3.05, 3.63) is 66.4 Å². The van der Waals surface area contributed by atoms with Gasteiger partial charge in [-0.3, -0.25) is 4.79 Å². The van der Waals surface area contributed by atoms with Crippen molar-refractivity contribution in [1.29, 1.82) is 0 Å². The summed E-state index contributed by atoms with van der Waals surface area (Å²) in [6.07, 6.45) is 1.63. The van der Waals surface area contributed by atoms with E-state index in [9.17, 15) is 9.00 Å². The lowest BCUT2D eigenvalue weighted by Crippen LogP contribution is -2.26. The Labute approximate surface area is 164 Å². The number of carbonyl (C=O) groups excluding carboxylic acids is 1. The van der Waals surface area contributed by atoms with Gasteiger partial charge in [0.25, 0.3) is 5.91 Å². The summed E-state index contributed by atoms with van der Waals surface area (Å²) in [7, 11) is 0. The van der Waals surface area contributed by atoms with Gasteiger partial charge in [0.1, 0.15) is 5.82 Å². The molecule has 1 aromatic heterocycles. The summed E-state index contributed by atoms with van der Waals surface area (Å²) in [5, 5.41) is 11.5. The number of aliphatic hydroxyl groups is 1. The van der Waals surface area contributed by atoms with E-state index in [-0.39, 0.29) is 19.1 Å². The van der Waals surface area contributed by atoms with Crippen LogP contribution in [0, 0.1) is 0 Å². The molecule has 0 spiro atoms. The van der Waals surface area contributed by atoms with E-state index in [2.05, 4.69) is 10.3 Å². The zero-order chi connectivity index (χ0) is 20.1. The number of anilines is 1. The molecule has 1 amide bonds. The van der Waals surface area contributed by atoms with Crippen molar-refractivity contribution in [3.63, 3.8) is 0 Å². The zero-order valence-corrected chi connectivity index (χ0v) is 15.6. The second-order valence-electron chi connectivity index (χ2n) is 5.99. The maximum Gasteiger partial charge on any atom is 0.251 e. The molecule has 0 fully saturated rings. The number of pyridine rings is 1. The fourth-order valence-corrected chi connectivity index (χ4v) is 3.10. The van der Waals surface area contributed by atoms with Gasteiger partial charge in [0.05, 0.1) is 11.5 Å². The predicted octanol–water partition coefficient (Wildman–Crippen LogP) is 2.30. The maximum atomic E-state index is 12.1. The number of hydrogen-bond donors (Lipinski definition) is 4. The van der Waals surface area contributed by atoms with Gasteiger partial charge < -0.3 is 20.7 Å². The van der Waals surface area contributed by atoms with Gasteiger partial charge in [-0.2, -0.15) is 0 Å². The number of aromatic nitrogens is 1. The molecule has 3 aromatic rings. The van der Waals surface area contributed by atoms with Gasteiger partial charge in [0, 0.05) is 29.4 Å². The number of aliphatic hydroxyl groups excluding tert-OH is 1. The van der Waals surface area contributed by atoms with Gasteiger partial charge in [-0.05, 0) is 41.5 Å². The third-order valence-electron chi connectivity index (χ3n) is 4.14. The van der Waals surface area contributed by atoms with Crippen LogP contribution in [-0.2, 0) is 11.1 Å². The van der Waals surface area contributed by atoms with Crippen LogP contribution in [0.3, 0.4) is 0 Å². The van der Waals surface area contributed by atoms with Crippen molar-refractivity contribution < 1.29 is 18.7 Å². The molecule has 2 aromatic carbocycles. The molecule has 0 bridgehead atoms. The molecule has 5 N–H and O–H groups in total. The summed E-state index contributed by atoms with van der Waals surface area (Å²) in [6.45, 7) is 0.0455. The van der Waals surface area contributed by atoms with E-state index in [0.717, 1.165) is 16.7 Å². The Bertz CT molecular complexity index is 1020. The van der Waals surface area contributed by atoms with Crippen molar-refractivity contribution in [3.8, 4) is 22.3 Å². The number of nitrogens with zero attached hydrogens (tertiary/aromatic N) is 1. The van der Waals surface area contributed by atoms with Crippen LogP contribution in [0.25, 0.3) is 22.3 Å². The summed E-state index contributed by atoms with van der Waals surface area (Å²) < 4.78 is 20.3. The lowest BCUT2D eigenvalue weighted by molar-refractivity contribution is 0.0945. The van der Waals surface area contributed by atoms with E-state index in [1.165, 1.54) is 0 Å². The number of nitrogens with one attached hydrogen (secondary N) is 1. The second-order valence-corrected chi connectivity index (χ2v) is 6.96. The third-order valence-corrected chi connectivity index (χ3v) is 4.82. The molecule has 0 aliphatic carbocycles. The smallest absolute Gasteiger partial charge is 0.251 e. The molecule has 28 heavy (non-hydrogen) atoms. The Morgan fingerprint density at radius 2 is 1.82 bits per heavy atom. The van der Waals surface area contributed by atoms with E-state index < -0.39 is 11.1 Å². The van der Waals surface area contributed by atoms with Gasteiger partial charge in [0.15, 0.2) is 11.1 Å². The largest absolute Gasteiger partial charge is 0.395 e. The van der Waals surface area contributed by atoms with E-state index in [1.54, 1.807) is 48.7 Å². The van der Waals surface area contributed by atoms with Crippen LogP contribution in [0.1, 0.15) is 10.4 Å².